The average molecular weight is 213 g/mol. The number of carbonyl (C=O) groups excluding carboxylic acids is 2. The molecule has 0 spiro atoms. The monoisotopic (exact) mass is 213 g/mol. The Morgan fingerprint density at radius 2 is 1.93 bits per heavy atom. The van der Waals surface area contributed by atoms with Gasteiger partial charge in [-0.3, -0.25) is 0 Å². The molecule has 0 aromatic heterocycles. The van der Waals surface area contributed by atoms with Crippen LogP contribution in [0.15, 0.2) is 18.2 Å². The Labute approximate surface area is 82.8 Å². The molecule has 0 bridgehead atoms. The lowest BCUT2D eigenvalue weighted by molar-refractivity contribution is -0.135. The Morgan fingerprint density at radius 1 is 1.20 bits per heavy atom. The Kier molecular flexibility index (Phi) is 2.11. The summed E-state index contributed by atoms with van der Waals surface area (Å²) < 4.78 is 29.6. The molecule has 1 aliphatic rings. The van der Waals surface area contributed by atoms with Gasteiger partial charge in [0.05, 0.1) is 0 Å². The van der Waals surface area contributed by atoms with E-state index in [0.29, 0.717) is 0 Å². The summed E-state index contributed by atoms with van der Waals surface area (Å²) in [6, 6.07) is 1.86. The van der Waals surface area contributed by atoms with Crippen molar-refractivity contribution in [1.82, 2.24) is 5.32 Å². The SMILES string of the molecule is O=C1NC(c2ccc(F)c(F)c2)C(=O)O1. The number of ether oxygens (including phenoxy) is 1. The zero-order valence-corrected chi connectivity index (χ0v) is 7.29. The highest BCUT2D eigenvalue weighted by Gasteiger charge is 2.34. The zero-order chi connectivity index (χ0) is 11.0. The number of hydrogen-bond donors (Lipinski definition) is 1. The van der Waals surface area contributed by atoms with E-state index in [4.69, 9.17) is 0 Å². The topological polar surface area (TPSA) is 55.4 Å². The average Bonchev–Trinajstić information content (AvgIpc) is 2.50. The van der Waals surface area contributed by atoms with Crippen LogP contribution in [0.1, 0.15) is 11.6 Å². The minimum atomic E-state index is -1.08. The van der Waals surface area contributed by atoms with Gasteiger partial charge in [-0.2, -0.15) is 0 Å². The summed E-state index contributed by atoms with van der Waals surface area (Å²) in [6.07, 6.45) is -0.894. The second-order valence-corrected chi connectivity index (χ2v) is 2.96. The molecule has 1 atom stereocenters. The Hall–Kier alpha value is -1.98. The van der Waals surface area contributed by atoms with E-state index in [1.54, 1.807) is 0 Å². The molecule has 1 fully saturated rings. The molecule has 0 aliphatic carbocycles. The van der Waals surface area contributed by atoms with Crippen molar-refractivity contribution in [3.63, 3.8) is 0 Å². The lowest BCUT2D eigenvalue weighted by atomic mass is 10.1. The van der Waals surface area contributed by atoms with Crippen LogP contribution in [0.3, 0.4) is 0 Å². The van der Waals surface area contributed by atoms with Crippen LogP contribution >= 0.6 is 0 Å². The van der Waals surface area contributed by atoms with E-state index in [0.717, 1.165) is 12.1 Å². The summed E-state index contributed by atoms with van der Waals surface area (Å²) >= 11 is 0. The summed E-state index contributed by atoms with van der Waals surface area (Å²) in [6.45, 7) is 0. The van der Waals surface area contributed by atoms with Crippen LogP contribution in [-0.4, -0.2) is 12.1 Å². The molecule has 1 saturated heterocycles. The van der Waals surface area contributed by atoms with Crippen LogP contribution < -0.4 is 5.32 Å². The first-order chi connectivity index (χ1) is 7.08. The van der Waals surface area contributed by atoms with Gasteiger partial charge in [0.1, 0.15) is 0 Å². The highest BCUT2D eigenvalue weighted by Crippen LogP contribution is 2.21. The van der Waals surface area contributed by atoms with Crippen LogP contribution in [0.2, 0.25) is 0 Å². The molecule has 4 nitrogen and oxygen atoms in total. The first-order valence-corrected chi connectivity index (χ1v) is 4.05. The van der Waals surface area contributed by atoms with Gasteiger partial charge in [-0.15, -0.1) is 0 Å². The van der Waals surface area contributed by atoms with Crippen molar-refractivity contribution in [3.8, 4) is 0 Å². The molecule has 78 valence electrons. The van der Waals surface area contributed by atoms with Crippen LogP contribution in [0.4, 0.5) is 13.6 Å². The van der Waals surface area contributed by atoms with Gasteiger partial charge in [0.25, 0.3) is 0 Å². The van der Waals surface area contributed by atoms with Gasteiger partial charge >= 0.3 is 12.1 Å². The van der Waals surface area contributed by atoms with Gasteiger partial charge in [0.2, 0.25) is 0 Å². The standard InChI is InChI=1S/C9H5F2NO3/c10-5-2-1-4(3-6(5)11)7-8(13)15-9(14)12-7/h1-3,7H,(H,12,14). The van der Waals surface area contributed by atoms with Crippen molar-refractivity contribution in [1.29, 1.82) is 0 Å². The molecular weight excluding hydrogens is 208 g/mol. The van der Waals surface area contributed by atoms with E-state index in [-0.39, 0.29) is 5.56 Å². The molecule has 0 radical (unpaired) electrons. The third kappa shape index (κ3) is 1.65. The highest BCUT2D eigenvalue weighted by molar-refractivity contribution is 5.96. The second-order valence-electron chi connectivity index (χ2n) is 2.96. The van der Waals surface area contributed by atoms with Crippen LogP contribution in [0.25, 0.3) is 0 Å². The summed E-state index contributed by atoms with van der Waals surface area (Å²) in [5.74, 6) is -2.93. The number of amides is 1. The van der Waals surface area contributed by atoms with Crippen LogP contribution in [-0.2, 0) is 9.53 Å². The number of halogens is 2. The van der Waals surface area contributed by atoms with Gasteiger partial charge in [-0.25, -0.2) is 18.4 Å². The maximum Gasteiger partial charge on any atom is 0.415 e. The van der Waals surface area contributed by atoms with E-state index in [9.17, 15) is 18.4 Å². The molecule has 2 rings (SSSR count). The van der Waals surface area contributed by atoms with Crippen molar-refractivity contribution >= 4 is 12.1 Å². The minimum Gasteiger partial charge on any atom is -0.374 e. The molecule has 1 aliphatic heterocycles. The summed E-state index contributed by atoms with van der Waals surface area (Å²) in [7, 11) is 0. The van der Waals surface area contributed by atoms with Crippen molar-refractivity contribution in [2.45, 2.75) is 6.04 Å². The third-order valence-electron chi connectivity index (χ3n) is 1.97. The van der Waals surface area contributed by atoms with Crippen molar-refractivity contribution in [2.24, 2.45) is 0 Å². The highest BCUT2D eigenvalue weighted by atomic mass is 19.2. The van der Waals surface area contributed by atoms with Gasteiger partial charge < -0.3 is 10.1 Å². The summed E-state index contributed by atoms with van der Waals surface area (Å²) in [4.78, 5) is 21.7. The largest absolute Gasteiger partial charge is 0.415 e. The molecule has 1 aromatic carbocycles. The van der Waals surface area contributed by atoms with E-state index in [1.807, 2.05) is 0 Å². The quantitative estimate of drug-likeness (QED) is 0.564. The van der Waals surface area contributed by atoms with E-state index in [1.165, 1.54) is 6.07 Å². The molecule has 0 saturated carbocycles. The number of rotatable bonds is 1. The van der Waals surface area contributed by atoms with Gasteiger partial charge in [0.15, 0.2) is 17.7 Å². The molecule has 1 aromatic rings. The van der Waals surface area contributed by atoms with E-state index < -0.39 is 29.7 Å². The Balaban J connectivity index is 2.34. The number of benzene rings is 1. The van der Waals surface area contributed by atoms with Crippen LogP contribution in [0.5, 0.6) is 0 Å². The first-order valence-electron chi connectivity index (χ1n) is 4.05. The molecule has 1 amide bonds. The van der Waals surface area contributed by atoms with Crippen molar-refractivity contribution in [2.75, 3.05) is 0 Å². The number of esters is 1. The molecular formula is C9H5F2NO3. The second kappa shape index (κ2) is 3.30. The van der Waals surface area contributed by atoms with Gasteiger partial charge in [-0.1, -0.05) is 6.07 Å². The van der Waals surface area contributed by atoms with Gasteiger partial charge in [-0.05, 0) is 17.7 Å². The third-order valence-corrected chi connectivity index (χ3v) is 1.97. The molecule has 1 N–H and O–H groups in total. The summed E-state index contributed by atoms with van der Waals surface area (Å²) in [5.41, 5.74) is 0.143. The van der Waals surface area contributed by atoms with E-state index in [2.05, 4.69) is 10.1 Å². The molecule has 1 unspecified atom stereocenters. The van der Waals surface area contributed by atoms with Gasteiger partial charge in [0, 0.05) is 0 Å². The fourth-order valence-corrected chi connectivity index (χ4v) is 1.27. The first kappa shape index (κ1) is 9.57. The fraction of sp³-hybridized carbons (Fsp3) is 0.111. The number of carbonyl (C=O) groups is 2. The predicted molar refractivity (Wildman–Crippen MR) is 43.7 cm³/mol. The smallest absolute Gasteiger partial charge is 0.374 e. The van der Waals surface area contributed by atoms with Crippen LogP contribution in [0, 0.1) is 11.6 Å². The molecule has 1 heterocycles. The molecule has 6 heteroatoms. The maximum atomic E-state index is 12.8. The number of hydrogen-bond acceptors (Lipinski definition) is 3. The minimum absolute atomic E-state index is 0.143. The van der Waals surface area contributed by atoms with Crippen molar-refractivity contribution in [3.05, 3.63) is 35.4 Å². The lowest BCUT2D eigenvalue weighted by Crippen LogP contribution is -2.20. The fourth-order valence-electron chi connectivity index (χ4n) is 1.27. The maximum absolute atomic E-state index is 12.8. The summed E-state index contributed by atoms with van der Waals surface area (Å²) in [5, 5.41) is 2.17. The Bertz CT molecular complexity index is 447. The number of alkyl carbamates (subject to hydrolysis) is 1. The zero-order valence-electron chi connectivity index (χ0n) is 7.29. The number of nitrogens with one attached hydrogen (secondary N) is 1. The van der Waals surface area contributed by atoms with E-state index >= 15 is 0 Å². The predicted octanol–water partition coefficient (Wildman–Crippen LogP) is 1.27. The van der Waals surface area contributed by atoms with Crippen molar-refractivity contribution < 1.29 is 23.1 Å². The normalized spacial score (nSPS) is 20.0. The number of cyclic esters (lactones) is 2. The molecule has 15 heavy (non-hydrogen) atoms. The Morgan fingerprint density at radius 3 is 2.47 bits per heavy atom. The lowest BCUT2D eigenvalue weighted by Gasteiger charge is -2.05.